The Morgan fingerprint density at radius 2 is 1.07 bits per heavy atom. The molecule has 1 unspecified atom stereocenters. The van der Waals surface area contributed by atoms with Crippen LogP contribution in [0.2, 0.25) is 0 Å². The van der Waals surface area contributed by atoms with Gasteiger partial charge in [-0.3, -0.25) is 14.1 Å². The first-order valence-corrected chi connectivity index (χ1v) is 23.2. The van der Waals surface area contributed by atoms with Crippen LogP contribution in [0.1, 0.15) is 168 Å². The van der Waals surface area contributed by atoms with Gasteiger partial charge in [0.25, 0.3) is 10.1 Å². The molecule has 0 bridgehead atoms. The number of hydrogen-bond donors (Lipinski definition) is 4. The van der Waals surface area contributed by atoms with Crippen LogP contribution >= 0.6 is 0 Å². The normalized spacial score (nSPS) is 21.0. The molecule has 1 saturated heterocycles. The van der Waals surface area contributed by atoms with Crippen molar-refractivity contribution in [3.05, 3.63) is 36.5 Å². The number of esters is 2. The van der Waals surface area contributed by atoms with Crippen molar-refractivity contribution in [3.8, 4) is 0 Å². The molecule has 0 aromatic carbocycles. The number of aliphatic hydroxyl groups is 3. The van der Waals surface area contributed by atoms with Crippen molar-refractivity contribution in [2.45, 2.75) is 205 Å². The molecular weight excluding hydrogens is 741 g/mol. The standard InChI is InChI=1S/C43H76O12S/c1-3-5-7-9-11-13-15-17-18-20-21-23-25-27-29-31-38(44)52-33-36(34-53-43-42(48)41(47)40(46)37(55-43)35-56(49,50)51)54-39(45)32-30-28-26-24-22-19-16-14-12-10-8-6-4-2/h11,13,17-18,21,23,36-37,40-43,46-48H,3-10,12,14-16,19-20,22,24-35H2,1-2H3,(H,49,50,51)/b13-11-,18-17-,23-21-/t36?,37-,40-,41+,42-,43+/m1/s1. The molecule has 0 amide bonds. The highest BCUT2D eigenvalue weighted by Crippen LogP contribution is 2.24. The molecule has 0 aromatic heterocycles. The van der Waals surface area contributed by atoms with Crippen LogP contribution in [0.25, 0.3) is 0 Å². The summed E-state index contributed by atoms with van der Waals surface area (Å²) >= 11 is 0. The van der Waals surface area contributed by atoms with Gasteiger partial charge in [0.15, 0.2) is 12.4 Å². The van der Waals surface area contributed by atoms with Crippen molar-refractivity contribution in [2.75, 3.05) is 19.0 Å². The smallest absolute Gasteiger partial charge is 0.306 e. The zero-order valence-electron chi connectivity index (χ0n) is 34.5. The van der Waals surface area contributed by atoms with E-state index in [-0.39, 0.29) is 19.4 Å². The summed E-state index contributed by atoms with van der Waals surface area (Å²) in [5.41, 5.74) is 0. The molecule has 12 nitrogen and oxygen atoms in total. The molecule has 4 N–H and O–H groups in total. The molecule has 0 aliphatic carbocycles. The Bertz CT molecular complexity index is 1190. The van der Waals surface area contributed by atoms with Gasteiger partial charge in [-0.2, -0.15) is 8.42 Å². The first-order chi connectivity index (χ1) is 27.0. The van der Waals surface area contributed by atoms with E-state index >= 15 is 0 Å². The average Bonchev–Trinajstić information content (AvgIpc) is 3.16. The second-order valence-electron chi connectivity index (χ2n) is 15.0. The molecule has 0 saturated carbocycles. The summed E-state index contributed by atoms with van der Waals surface area (Å²) in [6.07, 6.45) is 27.7. The van der Waals surface area contributed by atoms with Crippen LogP contribution in [0.15, 0.2) is 36.5 Å². The number of carbonyl (C=O) groups is 2. The fourth-order valence-electron chi connectivity index (χ4n) is 6.33. The second kappa shape index (κ2) is 33.8. The van der Waals surface area contributed by atoms with Gasteiger partial charge in [-0.1, -0.05) is 140 Å². The predicted molar refractivity (Wildman–Crippen MR) is 219 cm³/mol. The fourth-order valence-corrected chi connectivity index (χ4v) is 7.02. The van der Waals surface area contributed by atoms with E-state index < -0.39 is 71.2 Å². The Morgan fingerprint density at radius 3 is 1.62 bits per heavy atom. The lowest BCUT2D eigenvalue weighted by Gasteiger charge is -2.40. The van der Waals surface area contributed by atoms with Crippen molar-refractivity contribution in [3.63, 3.8) is 0 Å². The highest BCUT2D eigenvalue weighted by atomic mass is 32.2. The van der Waals surface area contributed by atoms with Crippen LogP contribution in [0.3, 0.4) is 0 Å². The molecule has 1 heterocycles. The van der Waals surface area contributed by atoms with Crippen LogP contribution in [0.4, 0.5) is 0 Å². The molecular formula is C43H76O12S. The first-order valence-electron chi connectivity index (χ1n) is 21.5. The van der Waals surface area contributed by atoms with Gasteiger partial charge >= 0.3 is 11.9 Å². The Labute approximate surface area is 338 Å². The maximum absolute atomic E-state index is 12.8. The average molecular weight is 817 g/mol. The van der Waals surface area contributed by atoms with Crippen LogP contribution < -0.4 is 0 Å². The lowest BCUT2D eigenvalue weighted by Crippen LogP contribution is -2.60. The monoisotopic (exact) mass is 817 g/mol. The molecule has 0 aromatic rings. The van der Waals surface area contributed by atoms with Gasteiger partial charge in [-0.25, -0.2) is 0 Å². The molecule has 326 valence electrons. The van der Waals surface area contributed by atoms with Crippen LogP contribution in [0, 0.1) is 0 Å². The molecule has 0 spiro atoms. The summed E-state index contributed by atoms with van der Waals surface area (Å²) in [7, 11) is -4.60. The summed E-state index contributed by atoms with van der Waals surface area (Å²) < 4.78 is 53.9. The minimum Gasteiger partial charge on any atom is -0.462 e. The van der Waals surface area contributed by atoms with Gasteiger partial charge in [0.1, 0.15) is 36.8 Å². The van der Waals surface area contributed by atoms with Crippen molar-refractivity contribution in [1.29, 1.82) is 0 Å². The lowest BCUT2D eigenvalue weighted by molar-refractivity contribution is -0.297. The molecule has 1 aliphatic rings. The maximum atomic E-state index is 12.8. The number of allylic oxidation sites excluding steroid dienone is 6. The summed E-state index contributed by atoms with van der Waals surface area (Å²) in [5, 5.41) is 30.8. The van der Waals surface area contributed by atoms with E-state index in [0.717, 1.165) is 51.4 Å². The zero-order chi connectivity index (χ0) is 41.3. The van der Waals surface area contributed by atoms with Gasteiger partial charge in [0.05, 0.1) is 6.61 Å². The van der Waals surface area contributed by atoms with Crippen LogP contribution in [0.5, 0.6) is 0 Å². The maximum Gasteiger partial charge on any atom is 0.306 e. The largest absolute Gasteiger partial charge is 0.462 e. The van der Waals surface area contributed by atoms with Crippen LogP contribution in [-0.2, 0) is 38.7 Å². The summed E-state index contributed by atoms with van der Waals surface area (Å²) in [6, 6.07) is 0. The molecule has 1 fully saturated rings. The summed E-state index contributed by atoms with van der Waals surface area (Å²) in [4.78, 5) is 25.3. The van der Waals surface area contributed by atoms with Crippen molar-refractivity contribution in [1.82, 2.24) is 0 Å². The molecule has 56 heavy (non-hydrogen) atoms. The SMILES string of the molecule is CCCCC/C=C\C/C=C\C/C=C\CCCCC(=O)OCC(CO[C@H]1O[C@H](CS(=O)(=O)O)[C@@H](O)[C@H](O)[C@H]1O)OC(=O)CCCCCCCCCCCCCCC. The van der Waals surface area contributed by atoms with Gasteiger partial charge in [0.2, 0.25) is 0 Å². The van der Waals surface area contributed by atoms with E-state index in [1.165, 1.54) is 77.0 Å². The molecule has 0 radical (unpaired) electrons. The van der Waals surface area contributed by atoms with E-state index in [1.807, 2.05) is 0 Å². The topological polar surface area (TPSA) is 186 Å². The van der Waals surface area contributed by atoms with Crippen molar-refractivity contribution < 1.29 is 56.8 Å². The third kappa shape index (κ3) is 28.3. The molecule has 1 aliphatic heterocycles. The number of rotatable bonds is 35. The quantitative estimate of drug-likeness (QED) is 0.0208. The highest BCUT2D eigenvalue weighted by molar-refractivity contribution is 7.85. The highest BCUT2D eigenvalue weighted by Gasteiger charge is 2.46. The Kier molecular flexibility index (Phi) is 31.3. The van der Waals surface area contributed by atoms with Gasteiger partial charge in [-0.05, 0) is 51.4 Å². The van der Waals surface area contributed by atoms with E-state index in [9.17, 15) is 37.9 Å². The Morgan fingerprint density at radius 1 is 0.607 bits per heavy atom. The number of carbonyl (C=O) groups excluding carboxylic acids is 2. The second-order valence-corrected chi connectivity index (χ2v) is 16.5. The fraction of sp³-hybridized carbons (Fsp3) is 0.814. The number of hydrogen-bond acceptors (Lipinski definition) is 11. The lowest BCUT2D eigenvalue weighted by atomic mass is 10.00. The van der Waals surface area contributed by atoms with Crippen LogP contribution in [-0.4, -0.2) is 96.0 Å². The van der Waals surface area contributed by atoms with Gasteiger partial charge < -0.3 is 34.3 Å². The molecule has 6 atom stereocenters. The Hall–Kier alpha value is -2.13. The number of aliphatic hydroxyl groups excluding tert-OH is 3. The number of ether oxygens (including phenoxy) is 4. The predicted octanol–water partition coefficient (Wildman–Crippen LogP) is 8.22. The van der Waals surface area contributed by atoms with E-state index in [0.29, 0.717) is 12.8 Å². The van der Waals surface area contributed by atoms with Crippen molar-refractivity contribution >= 4 is 22.1 Å². The third-order valence-electron chi connectivity index (χ3n) is 9.72. The minimum absolute atomic E-state index is 0.158. The van der Waals surface area contributed by atoms with Crippen molar-refractivity contribution in [2.24, 2.45) is 0 Å². The zero-order valence-corrected chi connectivity index (χ0v) is 35.3. The number of unbranched alkanes of at least 4 members (excludes halogenated alkanes) is 17. The van der Waals surface area contributed by atoms with E-state index in [2.05, 4.69) is 50.3 Å². The molecule has 13 heteroatoms. The van der Waals surface area contributed by atoms with E-state index in [4.69, 9.17) is 18.9 Å². The van der Waals surface area contributed by atoms with Gasteiger partial charge in [-0.15, -0.1) is 0 Å². The van der Waals surface area contributed by atoms with Gasteiger partial charge in [0, 0.05) is 12.8 Å². The Balaban J connectivity index is 2.50. The minimum atomic E-state index is -4.60. The van der Waals surface area contributed by atoms with E-state index in [1.54, 1.807) is 0 Å². The molecule has 1 rings (SSSR count). The summed E-state index contributed by atoms with van der Waals surface area (Å²) in [5.74, 6) is -2.03. The third-order valence-corrected chi connectivity index (χ3v) is 10.5. The first kappa shape index (κ1) is 51.9. The summed E-state index contributed by atoms with van der Waals surface area (Å²) in [6.45, 7) is 3.68.